The molecular formula is C19H19N7O3S. The van der Waals surface area contributed by atoms with Gasteiger partial charge in [0.15, 0.2) is 5.82 Å². The van der Waals surface area contributed by atoms with Crippen molar-refractivity contribution in [1.29, 1.82) is 0 Å². The largest absolute Gasteiger partial charge is 0.480 e. The molecule has 0 spiro atoms. The van der Waals surface area contributed by atoms with Crippen LogP contribution in [-0.2, 0) is 11.3 Å². The number of rotatable bonds is 6. The van der Waals surface area contributed by atoms with Crippen molar-refractivity contribution in [2.45, 2.75) is 20.5 Å². The van der Waals surface area contributed by atoms with Crippen LogP contribution < -0.4 is 10.1 Å². The highest BCUT2D eigenvalue weighted by molar-refractivity contribution is 7.20. The second-order valence-corrected chi connectivity index (χ2v) is 7.53. The predicted molar refractivity (Wildman–Crippen MR) is 111 cm³/mol. The van der Waals surface area contributed by atoms with Crippen molar-refractivity contribution in [2.24, 2.45) is 0 Å². The first-order valence-electron chi connectivity index (χ1n) is 9.00. The molecule has 1 N–H and O–H groups in total. The molecule has 4 rings (SSSR count). The van der Waals surface area contributed by atoms with E-state index in [4.69, 9.17) is 9.47 Å². The van der Waals surface area contributed by atoms with Crippen molar-refractivity contribution < 1.29 is 14.3 Å². The van der Waals surface area contributed by atoms with Gasteiger partial charge in [0, 0.05) is 12.8 Å². The first-order valence-corrected chi connectivity index (χ1v) is 9.81. The molecule has 3 aromatic heterocycles. The quantitative estimate of drug-likeness (QED) is 0.501. The Kier molecular flexibility index (Phi) is 5.38. The summed E-state index contributed by atoms with van der Waals surface area (Å²) in [5.41, 5.74) is 3.15. The number of benzene rings is 1. The molecular weight excluding hydrogens is 406 g/mol. The van der Waals surface area contributed by atoms with E-state index in [9.17, 15) is 4.79 Å². The number of aryl methyl sites for hydroxylation is 2. The van der Waals surface area contributed by atoms with Gasteiger partial charge in [-0.2, -0.15) is 4.98 Å². The molecule has 0 radical (unpaired) electrons. The van der Waals surface area contributed by atoms with Crippen molar-refractivity contribution in [3.05, 3.63) is 46.4 Å². The van der Waals surface area contributed by atoms with Gasteiger partial charge in [-0.1, -0.05) is 6.07 Å². The van der Waals surface area contributed by atoms with E-state index >= 15 is 0 Å². The highest BCUT2D eigenvalue weighted by Crippen LogP contribution is 2.35. The molecule has 0 aliphatic carbocycles. The lowest BCUT2D eigenvalue weighted by atomic mass is 10.1. The van der Waals surface area contributed by atoms with E-state index in [-0.39, 0.29) is 12.5 Å². The third kappa shape index (κ3) is 3.60. The number of aromatic nitrogens is 6. The minimum atomic E-state index is -0.239. The number of tetrazole rings is 1. The van der Waals surface area contributed by atoms with Crippen LogP contribution in [0, 0.1) is 13.8 Å². The van der Waals surface area contributed by atoms with E-state index < -0.39 is 0 Å². The van der Waals surface area contributed by atoms with Crippen molar-refractivity contribution in [3.8, 4) is 11.6 Å². The van der Waals surface area contributed by atoms with Crippen LogP contribution in [0.5, 0.6) is 5.88 Å². The Labute approximate surface area is 175 Å². The molecule has 0 unspecified atom stereocenters. The maximum absolute atomic E-state index is 13.0. The van der Waals surface area contributed by atoms with Crippen LogP contribution in [0.2, 0.25) is 0 Å². The van der Waals surface area contributed by atoms with Gasteiger partial charge in [-0.3, -0.25) is 4.79 Å². The van der Waals surface area contributed by atoms with Gasteiger partial charge < -0.3 is 14.8 Å². The number of nitrogens with zero attached hydrogens (tertiary/aromatic N) is 6. The van der Waals surface area contributed by atoms with E-state index in [0.29, 0.717) is 27.1 Å². The van der Waals surface area contributed by atoms with E-state index in [1.807, 2.05) is 32.0 Å². The Balaban J connectivity index is 1.69. The molecule has 3 heterocycles. The van der Waals surface area contributed by atoms with Gasteiger partial charge in [0.25, 0.3) is 5.91 Å². The zero-order valence-corrected chi connectivity index (χ0v) is 17.6. The molecule has 30 heavy (non-hydrogen) atoms. The number of anilines is 1. The SMILES string of the molecule is COCc1nc(OC)c2c(C)c(C(=O)Nc3ccc(C)c(-n4cnnn4)c3)sc2n1. The lowest BCUT2D eigenvalue weighted by Gasteiger charge is -2.09. The molecule has 0 aliphatic rings. The summed E-state index contributed by atoms with van der Waals surface area (Å²) in [7, 11) is 3.12. The zero-order chi connectivity index (χ0) is 21.3. The summed E-state index contributed by atoms with van der Waals surface area (Å²) < 4.78 is 12.1. The van der Waals surface area contributed by atoms with Gasteiger partial charge >= 0.3 is 0 Å². The molecule has 11 heteroatoms. The van der Waals surface area contributed by atoms with Gasteiger partial charge in [-0.15, -0.1) is 16.4 Å². The van der Waals surface area contributed by atoms with Gasteiger partial charge in [0.05, 0.1) is 23.1 Å². The average Bonchev–Trinajstić information content (AvgIpc) is 3.37. The standard InChI is InChI=1S/C19H19N7O3S/c1-10-5-6-12(7-13(10)26-9-20-24-25-26)21-17(27)16-11(2)15-18(29-4)22-14(8-28-3)23-19(15)30-16/h5-7,9H,8H2,1-4H3,(H,21,27). The number of hydrogen-bond donors (Lipinski definition) is 1. The number of methoxy groups -OCH3 is 2. The normalized spacial score (nSPS) is 11.1. The van der Waals surface area contributed by atoms with Gasteiger partial charge in [-0.05, 0) is 47.5 Å². The van der Waals surface area contributed by atoms with Gasteiger partial charge in [0.2, 0.25) is 5.88 Å². The summed E-state index contributed by atoms with van der Waals surface area (Å²) in [5.74, 6) is 0.688. The number of thiophene rings is 1. The lowest BCUT2D eigenvalue weighted by Crippen LogP contribution is -2.12. The number of amides is 1. The lowest BCUT2D eigenvalue weighted by molar-refractivity contribution is 0.103. The maximum atomic E-state index is 13.0. The molecule has 1 amide bonds. The first kappa shape index (κ1) is 19.9. The molecule has 0 saturated heterocycles. The topological polar surface area (TPSA) is 117 Å². The van der Waals surface area contributed by atoms with E-state index in [1.54, 1.807) is 18.9 Å². The molecule has 154 valence electrons. The molecule has 4 aromatic rings. The molecule has 0 atom stereocenters. The molecule has 0 aliphatic heterocycles. The van der Waals surface area contributed by atoms with E-state index in [1.165, 1.54) is 17.7 Å². The van der Waals surface area contributed by atoms with Gasteiger partial charge in [-0.25, -0.2) is 9.67 Å². The second kappa shape index (κ2) is 8.13. The van der Waals surface area contributed by atoms with Crippen LogP contribution in [0.3, 0.4) is 0 Å². The van der Waals surface area contributed by atoms with Crippen LogP contribution in [0.1, 0.15) is 26.6 Å². The van der Waals surface area contributed by atoms with Crippen LogP contribution in [0.4, 0.5) is 5.69 Å². The second-order valence-electron chi connectivity index (χ2n) is 6.53. The van der Waals surface area contributed by atoms with Crippen molar-refractivity contribution in [3.63, 3.8) is 0 Å². The third-order valence-corrected chi connectivity index (χ3v) is 5.72. The summed E-state index contributed by atoms with van der Waals surface area (Å²) in [4.78, 5) is 23.1. The Morgan fingerprint density at radius 3 is 2.77 bits per heavy atom. The maximum Gasteiger partial charge on any atom is 0.266 e. The van der Waals surface area contributed by atoms with Crippen LogP contribution >= 0.6 is 11.3 Å². The summed E-state index contributed by atoms with van der Waals surface area (Å²) in [6.45, 7) is 4.06. The summed E-state index contributed by atoms with van der Waals surface area (Å²) in [5, 5.41) is 14.9. The summed E-state index contributed by atoms with van der Waals surface area (Å²) in [6, 6.07) is 5.56. The number of carbonyl (C=O) groups excluding carboxylic acids is 1. The van der Waals surface area contributed by atoms with Crippen molar-refractivity contribution >= 4 is 33.1 Å². The minimum absolute atomic E-state index is 0.239. The van der Waals surface area contributed by atoms with Crippen LogP contribution in [-0.4, -0.2) is 50.3 Å². The highest BCUT2D eigenvalue weighted by atomic mass is 32.1. The monoisotopic (exact) mass is 425 g/mol. The zero-order valence-electron chi connectivity index (χ0n) is 16.8. The molecule has 0 saturated carbocycles. The van der Waals surface area contributed by atoms with Crippen LogP contribution in [0.25, 0.3) is 15.9 Å². The fourth-order valence-corrected chi connectivity index (χ4v) is 4.18. The Bertz CT molecular complexity index is 1220. The fraction of sp³-hybridized carbons (Fsp3) is 0.263. The third-order valence-electron chi connectivity index (χ3n) is 4.54. The Hall–Kier alpha value is -3.44. The van der Waals surface area contributed by atoms with Gasteiger partial charge in [0.1, 0.15) is 17.8 Å². The summed E-state index contributed by atoms with van der Waals surface area (Å²) in [6.07, 6.45) is 1.51. The number of hydrogen-bond acceptors (Lipinski definition) is 9. The summed E-state index contributed by atoms with van der Waals surface area (Å²) >= 11 is 1.29. The number of carbonyl (C=O) groups is 1. The Morgan fingerprint density at radius 2 is 2.07 bits per heavy atom. The average molecular weight is 425 g/mol. The smallest absolute Gasteiger partial charge is 0.266 e. The number of nitrogens with one attached hydrogen (secondary N) is 1. The number of ether oxygens (including phenoxy) is 2. The fourth-order valence-electron chi connectivity index (χ4n) is 3.10. The highest BCUT2D eigenvalue weighted by Gasteiger charge is 2.21. The van der Waals surface area contributed by atoms with E-state index in [2.05, 4.69) is 30.8 Å². The number of fused-ring (bicyclic) bond motifs is 1. The minimum Gasteiger partial charge on any atom is -0.480 e. The van der Waals surface area contributed by atoms with Crippen molar-refractivity contribution in [2.75, 3.05) is 19.5 Å². The molecule has 0 fully saturated rings. The first-order chi connectivity index (χ1) is 14.5. The molecule has 10 nitrogen and oxygen atoms in total. The predicted octanol–water partition coefficient (Wildman–Crippen LogP) is 2.69. The van der Waals surface area contributed by atoms with E-state index in [0.717, 1.165) is 22.2 Å². The van der Waals surface area contributed by atoms with Crippen LogP contribution in [0.15, 0.2) is 24.5 Å². The molecule has 1 aromatic carbocycles. The molecule has 0 bridgehead atoms. The van der Waals surface area contributed by atoms with Crippen molar-refractivity contribution in [1.82, 2.24) is 30.2 Å². The Morgan fingerprint density at radius 1 is 1.23 bits per heavy atom.